The van der Waals surface area contributed by atoms with Crippen molar-refractivity contribution in [3.05, 3.63) is 59.7 Å². The average molecular weight is 365 g/mol. The summed E-state index contributed by atoms with van der Waals surface area (Å²) in [5.41, 5.74) is 3.54. The molecule has 0 spiro atoms. The summed E-state index contributed by atoms with van der Waals surface area (Å²) in [4.78, 5) is 26.3. The summed E-state index contributed by atoms with van der Waals surface area (Å²) in [6.07, 6.45) is 2.17. The van der Waals surface area contributed by atoms with E-state index in [0.29, 0.717) is 11.5 Å². The van der Waals surface area contributed by atoms with Gasteiger partial charge >= 0.3 is 0 Å². The van der Waals surface area contributed by atoms with Gasteiger partial charge in [0.15, 0.2) is 0 Å². The molecule has 0 unspecified atom stereocenters. The molecular weight excluding hydrogens is 338 g/mol. The topological polar surface area (TPSA) is 61.4 Å². The van der Waals surface area contributed by atoms with E-state index >= 15 is 0 Å². The molecule has 5 nitrogen and oxygen atoms in total. The van der Waals surface area contributed by atoms with E-state index in [0.717, 1.165) is 37.3 Å². The van der Waals surface area contributed by atoms with Gasteiger partial charge in [-0.15, -0.1) is 0 Å². The molecule has 1 saturated heterocycles. The van der Waals surface area contributed by atoms with E-state index < -0.39 is 0 Å². The first-order valence-electron chi connectivity index (χ1n) is 9.56. The molecule has 0 aromatic heterocycles. The maximum Gasteiger partial charge on any atom is 0.253 e. The molecule has 0 radical (unpaired) electrons. The molecule has 2 N–H and O–H groups in total. The van der Waals surface area contributed by atoms with Gasteiger partial charge in [-0.05, 0) is 60.7 Å². The minimum absolute atomic E-state index is 0.0848. The predicted octanol–water partition coefficient (Wildman–Crippen LogP) is 4.10. The van der Waals surface area contributed by atoms with Crippen molar-refractivity contribution in [1.82, 2.24) is 4.90 Å². The van der Waals surface area contributed by atoms with Crippen LogP contribution >= 0.6 is 0 Å². The Bertz CT molecular complexity index is 776. The molecule has 2 amide bonds. The summed E-state index contributed by atoms with van der Waals surface area (Å²) in [6.45, 7) is 6.14. The monoisotopic (exact) mass is 365 g/mol. The van der Waals surface area contributed by atoms with E-state index in [1.165, 1.54) is 5.56 Å². The Balaban J connectivity index is 1.49. The number of likely N-dealkylation sites (tertiary alicyclic amines) is 1. The SMILES string of the molecule is CC(C)c1ccc(NC(=O)CNc2ccc(C(=O)N3CCCC3)cc2)cc1. The lowest BCUT2D eigenvalue weighted by molar-refractivity contribution is -0.114. The van der Waals surface area contributed by atoms with E-state index in [1.807, 2.05) is 53.4 Å². The maximum absolute atomic E-state index is 12.3. The third-order valence-electron chi connectivity index (χ3n) is 4.84. The van der Waals surface area contributed by atoms with Gasteiger partial charge in [0, 0.05) is 30.0 Å². The quantitative estimate of drug-likeness (QED) is 0.810. The average Bonchev–Trinajstić information content (AvgIpc) is 3.21. The number of hydrogen-bond acceptors (Lipinski definition) is 3. The number of hydrogen-bond donors (Lipinski definition) is 2. The summed E-state index contributed by atoms with van der Waals surface area (Å²) >= 11 is 0. The first-order valence-corrected chi connectivity index (χ1v) is 9.56. The molecule has 1 fully saturated rings. The summed E-state index contributed by atoms with van der Waals surface area (Å²) in [5.74, 6) is 0.447. The summed E-state index contributed by atoms with van der Waals surface area (Å²) < 4.78 is 0. The van der Waals surface area contributed by atoms with Crippen LogP contribution in [0.1, 0.15) is 48.5 Å². The van der Waals surface area contributed by atoms with E-state index in [-0.39, 0.29) is 18.4 Å². The largest absolute Gasteiger partial charge is 0.376 e. The fraction of sp³-hybridized carbons (Fsp3) is 0.364. The van der Waals surface area contributed by atoms with E-state index in [9.17, 15) is 9.59 Å². The van der Waals surface area contributed by atoms with Crippen molar-refractivity contribution in [2.45, 2.75) is 32.6 Å². The molecule has 1 heterocycles. The number of rotatable bonds is 6. The van der Waals surface area contributed by atoms with Crippen LogP contribution in [0.5, 0.6) is 0 Å². The molecule has 5 heteroatoms. The number of carbonyl (C=O) groups is 2. The van der Waals surface area contributed by atoms with Crippen molar-refractivity contribution >= 4 is 23.2 Å². The second-order valence-electron chi connectivity index (χ2n) is 7.26. The highest BCUT2D eigenvalue weighted by Gasteiger charge is 2.19. The Labute approximate surface area is 160 Å². The highest BCUT2D eigenvalue weighted by molar-refractivity contribution is 5.95. The first kappa shape index (κ1) is 19.0. The zero-order valence-corrected chi connectivity index (χ0v) is 16.0. The molecule has 3 rings (SSSR count). The van der Waals surface area contributed by atoms with Gasteiger partial charge in [-0.2, -0.15) is 0 Å². The number of carbonyl (C=O) groups excluding carboxylic acids is 2. The van der Waals surface area contributed by atoms with Gasteiger partial charge in [-0.3, -0.25) is 9.59 Å². The lowest BCUT2D eigenvalue weighted by Gasteiger charge is -2.15. The van der Waals surface area contributed by atoms with Gasteiger partial charge in [0.2, 0.25) is 5.91 Å². The first-order chi connectivity index (χ1) is 13.0. The van der Waals surface area contributed by atoms with Crippen LogP contribution in [-0.2, 0) is 4.79 Å². The summed E-state index contributed by atoms with van der Waals surface area (Å²) in [5, 5.41) is 5.98. The van der Waals surface area contributed by atoms with Crippen molar-refractivity contribution in [2.75, 3.05) is 30.3 Å². The highest BCUT2D eigenvalue weighted by Crippen LogP contribution is 2.18. The Morgan fingerprint density at radius 1 is 0.926 bits per heavy atom. The predicted molar refractivity (Wildman–Crippen MR) is 109 cm³/mol. The third-order valence-corrected chi connectivity index (χ3v) is 4.84. The lowest BCUT2D eigenvalue weighted by Crippen LogP contribution is -2.27. The zero-order chi connectivity index (χ0) is 19.2. The van der Waals surface area contributed by atoms with Crippen LogP contribution in [0.4, 0.5) is 11.4 Å². The Morgan fingerprint density at radius 2 is 1.52 bits per heavy atom. The summed E-state index contributed by atoms with van der Waals surface area (Å²) in [7, 11) is 0. The van der Waals surface area contributed by atoms with Gasteiger partial charge in [0.25, 0.3) is 5.91 Å². The minimum Gasteiger partial charge on any atom is -0.376 e. The fourth-order valence-electron chi connectivity index (χ4n) is 3.17. The number of nitrogens with zero attached hydrogens (tertiary/aromatic N) is 1. The van der Waals surface area contributed by atoms with E-state index in [4.69, 9.17) is 0 Å². The van der Waals surface area contributed by atoms with Crippen LogP contribution in [-0.4, -0.2) is 36.3 Å². The number of benzene rings is 2. The second kappa shape index (κ2) is 8.71. The van der Waals surface area contributed by atoms with Crippen molar-refractivity contribution < 1.29 is 9.59 Å². The molecule has 27 heavy (non-hydrogen) atoms. The molecule has 0 atom stereocenters. The van der Waals surface area contributed by atoms with E-state index in [1.54, 1.807) is 0 Å². The highest BCUT2D eigenvalue weighted by atomic mass is 16.2. The van der Waals surface area contributed by atoms with Crippen LogP contribution in [0.15, 0.2) is 48.5 Å². The van der Waals surface area contributed by atoms with Gasteiger partial charge in [0.1, 0.15) is 0 Å². The molecule has 2 aromatic carbocycles. The number of nitrogens with one attached hydrogen (secondary N) is 2. The number of amides is 2. The van der Waals surface area contributed by atoms with Crippen LogP contribution in [0.3, 0.4) is 0 Å². The standard InChI is InChI=1S/C22H27N3O2/c1-16(2)17-5-11-20(12-6-17)24-21(26)15-23-19-9-7-18(8-10-19)22(27)25-13-3-4-14-25/h5-12,16,23H,3-4,13-15H2,1-2H3,(H,24,26). The van der Waals surface area contributed by atoms with Crippen LogP contribution in [0.25, 0.3) is 0 Å². The van der Waals surface area contributed by atoms with Crippen molar-refractivity contribution in [3.8, 4) is 0 Å². The molecule has 0 bridgehead atoms. The van der Waals surface area contributed by atoms with Gasteiger partial charge < -0.3 is 15.5 Å². The molecule has 0 saturated carbocycles. The molecule has 2 aromatic rings. The molecule has 1 aliphatic heterocycles. The Hall–Kier alpha value is -2.82. The summed E-state index contributed by atoms with van der Waals surface area (Å²) in [6, 6.07) is 15.2. The molecule has 142 valence electrons. The van der Waals surface area contributed by atoms with Gasteiger partial charge in [-0.25, -0.2) is 0 Å². The normalized spacial score (nSPS) is 13.7. The Morgan fingerprint density at radius 3 is 2.11 bits per heavy atom. The smallest absolute Gasteiger partial charge is 0.253 e. The molecule has 1 aliphatic rings. The second-order valence-corrected chi connectivity index (χ2v) is 7.26. The van der Waals surface area contributed by atoms with Crippen LogP contribution in [0, 0.1) is 0 Å². The van der Waals surface area contributed by atoms with Crippen LogP contribution < -0.4 is 10.6 Å². The third kappa shape index (κ3) is 5.09. The van der Waals surface area contributed by atoms with E-state index in [2.05, 4.69) is 24.5 Å². The van der Waals surface area contributed by atoms with Crippen molar-refractivity contribution in [3.63, 3.8) is 0 Å². The zero-order valence-electron chi connectivity index (χ0n) is 16.0. The maximum atomic E-state index is 12.3. The van der Waals surface area contributed by atoms with Crippen LogP contribution in [0.2, 0.25) is 0 Å². The van der Waals surface area contributed by atoms with Crippen molar-refractivity contribution in [2.24, 2.45) is 0 Å². The lowest BCUT2D eigenvalue weighted by atomic mass is 10.0. The molecular formula is C22H27N3O2. The Kier molecular flexibility index (Phi) is 6.12. The van der Waals surface area contributed by atoms with Crippen molar-refractivity contribution in [1.29, 1.82) is 0 Å². The van der Waals surface area contributed by atoms with Gasteiger partial charge in [0.05, 0.1) is 6.54 Å². The minimum atomic E-state index is -0.107. The molecule has 0 aliphatic carbocycles. The number of anilines is 2. The fourth-order valence-corrected chi connectivity index (χ4v) is 3.17. The van der Waals surface area contributed by atoms with Gasteiger partial charge in [-0.1, -0.05) is 26.0 Å².